The van der Waals surface area contributed by atoms with Gasteiger partial charge in [0.05, 0.1) is 5.69 Å². The smallest absolute Gasteiger partial charge is 0.0760 e. The van der Waals surface area contributed by atoms with Gasteiger partial charge in [-0.15, -0.1) is 0 Å². The van der Waals surface area contributed by atoms with Crippen LogP contribution in [0.5, 0.6) is 0 Å². The van der Waals surface area contributed by atoms with Gasteiger partial charge in [-0.25, -0.2) is 0 Å². The molecule has 0 aromatic carbocycles. The van der Waals surface area contributed by atoms with Crippen molar-refractivity contribution in [1.82, 2.24) is 9.78 Å². The molecule has 0 saturated carbocycles. The molecular weight excluding hydrogens is 162 g/mol. The van der Waals surface area contributed by atoms with Gasteiger partial charge in [0, 0.05) is 19.3 Å². The lowest BCUT2D eigenvalue weighted by Gasteiger charge is -2.04. The lowest BCUT2D eigenvalue weighted by atomic mass is 10.1. The predicted molar refractivity (Wildman–Crippen MR) is 54.2 cm³/mol. The van der Waals surface area contributed by atoms with Crippen molar-refractivity contribution in [2.75, 3.05) is 0 Å². The van der Waals surface area contributed by atoms with E-state index in [1.807, 2.05) is 16.9 Å². The summed E-state index contributed by atoms with van der Waals surface area (Å²) in [7, 11) is 0. The van der Waals surface area contributed by atoms with Crippen molar-refractivity contribution in [3.05, 3.63) is 18.0 Å². The summed E-state index contributed by atoms with van der Waals surface area (Å²) < 4.78 is 1.98. The van der Waals surface area contributed by atoms with Gasteiger partial charge in [-0.1, -0.05) is 13.8 Å². The van der Waals surface area contributed by atoms with Gasteiger partial charge in [-0.05, 0) is 24.8 Å². The number of nitrogens with two attached hydrogens (primary N) is 1. The minimum Gasteiger partial charge on any atom is -0.325 e. The molecule has 74 valence electrons. The molecule has 2 N–H and O–H groups in total. The molecule has 0 fully saturated rings. The molecule has 1 heterocycles. The maximum atomic E-state index is 5.46. The fourth-order valence-corrected chi connectivity index (χ4v) is 1.30. The second kappa shape index (κ2) is 5.02. The Morgan fingerprint density at radius 2 is 2.31 bits per heavy atom. The standard InChI is InChI=1S/C10H19N3/c1-9(2)4-3-6-13-7-5-10(8-11)12-13/h5,7,9H,3-4,6,8,11H2,1-2H3. The minimum atomic E-state index is 0.539. The van der Waals surface area contributed by atoms with E-state index in [4.69, 9.17) is 5.73 Å². The third-order valence-electron chi connectivity index (χ3n) is 2.07. The van der Waals surface area contributed by atoms with Crippen molar-refractivity contribution in [1.29, 1.82) is 0 Å². The van der Waals surface area contributed by atoms with Gasteiger partial charge >= 0.3 is 0 Å². The van der Waals surface area contributed by atoms with Crippen molar-refractivity contribution >= 4 is 0 Å². The SMILES string of the molecule is CC(C)CCCn1ccc(CN)n1. The molecule has 0 atom stereocenters. The zero-order chi connectivity index (χ0) is 9.68. The molecule has 1 rings (SSSR count). The molecule has 13 heavy (non-hydrogen) atoms. The molecule has 1 aromatic rings. The lowest BCUT2D eigenvalue weighted by molar-refractivity contribution is 0.488. The summed E-state index contributed by atoms with van der Waals surface area (Å²) in [5.74, 6) is 0.782. The Balaban J connectivity index is 2.28. The second-order valence-electron chi connectivity index (χ2n) is 3.81. The zero-order valence-electron chi connectivity index (χ0n) is 8.53. The zero-order valence-corrected chi connectivity index (χ0v) is 8.53. The van der Waals surface area contributed by atoms with Crippen LogP contribution < -0.4 is 5.73 Å². The van der Waals surface area contributed by atoms with Crippen LogP contribution >= 0.6 is 0 Å². The molecule has 0 spiro atoms. The van der Waals surface area contributed by atoms with E-state index in [-0.39, 0.29) is 0 Å². The van der Waals surface area contributed by atoms with Gasteiger partial charge < -0.3 is 5.73 Å². The first-order valence-electron chi connectivity index (χ1n) is 4.94. The topological polar surface area (TPSA) is 43.8 Å². The summed E-state index contributed by atoms with van der Waals surface area (Å²) in [6.07, 6.45) is 4.46. The number of hydrogen-bond donors (Lipinski definition) is 1. The van der Waals surface area contributed by atoms with Crippen LogP contribution in [0.2, 0.25) is 0 Å². The first-order valence-corrected chi connectivity index (χ1v) is 4.94. The molecule has 0 aliphatic carbocycles. The Labute approximate surface area is 79.9 Å². The highest BCUT2D eigenvalue weighted by atomic mass is 15.3. The maximum absolute atomic E-state index is 5.46. The maximum Gasteiger partial charge on any atom is 0.0760 e. The van der Waals surface area contributed by atoms with E-state index in [0.29, 0.717) is 6.54 Å². The number of hydrogen-bond acceptors (Lipinski definition) is 2. The predicted octanol–water partition coefficient (Wildman–Crippen LogP) is 1.78. The number of nitrogens with zero attached hydrogens (tertiary/aromatic N) is 2. The van der Waals surface area contributed by atoms with Gasteiger partial charge in [-0.2, -0.15) is 5.10 Å². The number of aromatic nitrogens is 2. The van der Waals surface area contributed by atoms with E-state index in [2.05, 4.69) is 18.9 Å². The molecule has 0 radical (unpaired) electrons. The van der Waals surface area contributed by atoms with Crippen molar-refractivity contribution in [3.8, 4) is 0 Å². The van der Waals surface area contributed by atoms with E-state index in [0.717, 1.165) is 18.2 Å². The van der Waals surface area contributed by atoms with Crippen LogP contribution in [-0.2, 0) is 13.1 Å². The van der Waals surface area contributed by atoms with Crippen LogP contribution in [0.4, 0.5) is 0 Å². The second-order valence-corrected chi connectivity index (χ2v) is 3.81. The number of rotatable bonds is 5. The highest BCUT2D eigenvalue weighted by Gasteiger charge is 1.97. The van der Waals surface area contributed by atoms with Crippen LogP contribution in [0.3, 0.4) is 0 Å². The van der Waals surface area contributed by atoms with E-state index < -0.39 is 0 Å². The van der Waals surface area contributed by atoms with Crippen molar-refractivity contribution in [2.24, 2.45) is 11.7 Å². The largest absolute Gasteiger partial charge is 0.325 e. The highest BCUT2D eigenvalue weighted by Crippen LogP contribution is 2.05. The van der Waals surface area contributed by atoms with Crippen LogP contribution in [-0.4, -0.2) is 9.78 Å². The van der Waals surface area contributed by atoms with Gasteiger partial charge in [0.25, 0.3) is 0 Å². The van der Waals surface area contributed by atoms with E-state index in [1.165, 1.54) is 12.8 Å². The summed E-state index contributed by atoms with van der Waals surface area (Å²) in [5.41, 5.74) is 6.44. The monoisotopic (exact) mass is 181 g/mol. The molecule has 1 aromatic heterocycles. The first kappa shape index (κ1) is 10.3. The Kier molecular flexibility index (Phi) is 3.96. The van der Waals surface area contributed by atoms with Crippen LogP contribution in [0.1, 0.15) is 32.4 Å². The van der Waals surface area contributed by atoms with Crippen molar-refractivity contribution < 1.29 is 0 Å². The van der Waals surface area contributed by atoms with E-state index in [9.17, 15) is 0 Å². The summed E-state index contributed by atoms with van der Waals surface area (Å²) in [6.45, 7) is 6.04. The first-order chi connectivity index (χ1) is 6.22. The molecule has 0 amide bonds. The Hall–Kier alpha value is -0.830. The molecule has 3 nitrogen and oxygen atoms in total. The molecule has 0 saturated heterocycles. The van der Waals surface area contributed by atoms with Gasteiger partial charge in [-0.3, -0.25) is 4.68 Å². The molecular formula is C10H19N3. The van der Waals surface area contributed by atoms with Gasteiger partial charge in [0.15, 0.2) is 0 Å². The molecule has 0 unspecified atom stereocenters. The Morgan fingerprint density at radius 3 is 2.85 bits per heavy atom. The average molecular weight is 181 g/mol. The Morgan fingerprint density at radius 1 is 1.54 bits per heavy atom. The molecule has 0 bridgehead atoms. The third-order valence-corrected chi connectivity index (χ3v) is 2.07. The van der Waals surface area contributed by atoms with E-state index in [1.54, 1.807) is 0 Å². The van der Waals surface area contributed by atoms with Gasteiger partial charge in [0.1, 0.15) is 0 Å². The van der Waals surface area contributed by atoms with Crippen molar-refractivity contribution in [2.45, 2.75) is 39.8 Å². The normalized spacial score (nSPS) is 11.1. The van der Waals surface area contributed by atoms with Crippen molar-refractivity contribution in [3.63, 3.8) is 0 Å². The Bertz CT molecular complexity index is 240. The highest BCUT2D eigenvalue weighted by molar-refractivity contribution is 4.97. The third kappa shape index (κ3) is 3.59. The summed E-state index contributed by atoms with van der Waals surface area (Å²) in [5, 5.41) is 4.32. The fourth-order valence-electron chi connectivity index (χ4n) is 1.30. The molecule has 0 aliphatic heterocycles. The van der Waals surface area contributed by atoms with Crippen LogP contribution in [0.15, 0.2) is 12.3 Å². The fraction of sp³-hybridized carbons (Fsp3) is 0.700. The molecule has 3 heteroatoms. The summed E-state index contributed by atoms with van der Waals surface area (Å²) in [4.78, 5) is 0. The summed E-state index contributed by atoms with van der Waals surface area (Å²) in [6, 6.07) is 1.98. The quantitative estimate of drug-likeness (QED) is 0.752. The number of aryl methyl sites for hydroxylation is 1. The van der Waals surface area contributed by atoms with Crippen LogP contribution in [0.25, 0.3) is 0 Å². The summed E-state index contributed by atoms with van der Waals surface area (Å²) >= 11 is 0. The van der Waals surface area contributed by atoms with E-state index >= 15 is 0 Å². The molecule has 0 aliphatic rings. The average Bonchev–Trinajstić information content (AvgIpc) is 2.52. The van der Waals surface area contributed by atoms with Gasteiger partial charge in [0.2, 0.25) is 0 Å². The minimum absolute atomic E-state index is 0.539. The van der Waals surface area contributed by atoms with Crippen LogP contribution in [0, 0.1) is 5.92 Å². The lowest BCUT2D eigenvalue weighted by Crippen LogP contribution is -2.03.